The van der Waals surface area contributed by atoms with Gasteiger partial charge in [0.05, 0.1) is 12.8 Å². The summed E-state index contributed by atoms with van der Waals surface area (Å²) in [6.07, 6.45) is 3.16. The molecule has 0 aliphatic carbocycles. The van der Waals surface area contributed by atoms with E-state index in [2.05, 4.69) is 5.32 Å². The maximum absolute atomic E-state index is 6.31. The van der Waals surface area contributed by atoms with Crippen LogP contribution in [-0.2, 0) is 6.42 Å². The number of halogens is 1. The summed E-state index contributed by atoms with van der Waals surface area (Å²) in [6.45, 7) is 2.04. The van der Waals surface area contributed by atoms with E-state index in [4.69, 9.17) is 30.9 Å². The van der Waals surface area contributed by atoms with Crippen LogP contribution in [0.15, 0.2) is 36.4 Å². The van der Waals surface area contributed by atoms with E-state index in [9.17, 15) is 0 Å². The van der Waals surface area contributed by atoms with Crippen molar-refractivity contribution in [1.29, 1.82) is 0 Å². The molecule has 1 aromatic heterocycles. The Bertz CT molecular complexity index is 1060. The van der Waals surface area contributed by atoms with Crippen molar-refractivity contribution in [2.24, 2.45) is 0 Å². The van der Waals surface area contributed by atoms with E-state index in [0.717, 1.165) is 65.8 Å². The van der Waals surface area contributed by atoms with Crippen molar-refractivity contribution in [3.63, 3.8) is 0 Å². The SMILES string of the molecule is COc1ccc(Cl)cc1-c1nn(-c2ccc3c(c2)OCCO3)c2c1CCCCN2. The normalized spacial score (nSPS) is 15.2. The molecule has 6 nitrogen and oxygen atoms in total. The van der Waals surface area contributed by atoms with Crippen LogP contribution in [0.2, 0.25) is 5.02 Å². The van der Waals surface area contributed by atoms with Crippen LogP contribution in [-0.4, -0.2) is 36.6 Å². The Morgan fingerprint density at radius 1 is 1.07 bits per heavy atom. The third-order valence-corrected chi connectivity index (χ3v) is 5.55. The van der Waals surface area contributed by atoms with Crippen LogP contribution >= 0.6 is 11.6 Å². The number of fused-ring (bicyclic) bond motifs is 2. The first-order valence-electron chi connectivity index (χ1n) is 9.84. The zero-order valence-corrected chi connectivity index (χ0v) is 17.0. The second-order valence-electron chi connectivity index (χ2n) is 7.14. The van der Waals surface area contributed by atoms with Crippen LogP contribution in [0.3, 0.4) is 0 Å². The fraction of sp³-hybridized carbons (Fsp3) is 0.318. The number of nitrogens with one attached hydrogen (secondary N) is 1. The van der Waals surface area contributed by atoms with Crippen molar-refractivity contribution in [2.45, 2.75) is 19.3 Å². The zero-order chi connectivity index (χ0) is 19.8. The van der Waals surface area contributed by atoms with Crippen LogP contribution in [0.4, 0.5) is 5.82 Å². The van der Waals surface area contributed by atoms with E-state index in [-0.39, 0.29) is 0 Å². The maximum atomic E-state index is 6.31. The van der Waals surface area contributed by atoms with E-state index in [1.54, 1.807) is 7.11 Å². The molecule has 7 heteroatoms. The van der Waals surface area contributed by atoms with E-state index in [1.165, 1.54) is 5.56 Å². The van der Waals surface area contributed by atoms with Gasteiger partial charge in [0, 0.05) is 28.8 Å². The van der Waals surface area contributed by atoms with Crippen molar-refractivity contribution in [1.82, 2.24) is 9.78 Å². The fourth-order valence-corrected chi connectivity index (χ4v) is 4.11. The predicted molar refractivity (Wildman–Crippen MR) is 113 cm³/mol. The minimum absolute atomic E-state index is 0.552. The minimum atomic E-state index is 0.552. The lowest BCUT2D eigenvalue weighted by Crippen LogP contribution is -2.15. The molecular weight excluding hydrogens is 390 g/mol. The molecule has 0 saturated carbocycles. The van der Waals surface area contributed by atoms with Gasteiger partial charge < -0.3 is 19.5 Å². The number of ether oxygens (including phenoxy) is 3. The van der Waals surface area contributed by atoms with Crippen molar-refractivity contribution in [3.8, 4) is 34.2 Å². The molecule has 0 atom stereocenters. The highest BCUT2D eigenvalue weighted by Gasteiger charge is 2.24. The highest BCUT2D eigenvalue weighted by Crippen LogP contribution is 2.40. The predicted octanol–water partition coefficient (Wildman–Crippen LogP) is 4.72. The number of hydrogen-bond donors (Lipinski definition) is 1. The molecule has 0 fully saturated rings. The third kappa shape index (κ3) is 3.27. The summed E-state index contributed by atoms with van der Waals surface area (Å²) in [7, 11) is 1.67. The number of hydrogen-bond acceptors (Lipinski definition) is 5. The average Bonchev–Trinajstić information content (AvgIpc) is 2.94. The summed E-state index contributed by atoms with van der Waals surface area (Å²) < 4.78 is 19.0. The molecule has 0 radical (unpaired) electrons. The third-order valence-electron chi connectivity index (χ3n) is 5.32. The van der Waals surface area contributed by atoms with Crippen LogP contribution in [0, 0.1) is 0 Å². The molecule has 0 unspecified atom stereocenters. The van der Waals surface area contributed by atoms with Gasteiger partial charge in [0.1, 0.15) is 30.5 Å². The van der Waals surface area contributed by atoms with E-state index < -0.39 is 0 Å². The minimum Gasteiger partial charge on any atom is -0.496 e. The molecule has 0 spiro atoms. The van der Waals surface area contributed by atoms with E-state index in [1.807, 2.05) is 41.1 Å². The summed E-state index contributed by atoms with van der Waals surface area (Å²) in [5.74, 6) is 3.28. The number of aromatic nitrogens is 2. The standard InChI is InChI=1S/C22H22ClN3O3/c1-27-18-7-5-14(23)12-17(18)21-16-4-2-3-9-24-22(16)26(25-21)15-6-8-19-20(13-15)29-11-10-28-19/h5-8,12-13,24H,2-4,9-11H2,1H3. The lowest BCUT2D eigenvalue weighted by molar-refractivity contribution is 0.171. The van der Waals surface area contributed by atoms with Crippen molar-refractivity contribution in [2.75, 3.05) is 32.2 Å². The van der Waals surface area contributed by atoms with Gasteiger partial charge in [-0.15, -0.1) is 0 Å². The van der Waals surface area contributed by atoms with E-state index >= 15 is 0 Å². The second-order valence-corrected chi connectivity index (χ2v) is 7.58. The molecule has 3 heterocycles. The van der Waals surface area contributed by atoms with Gasteiger partial charge in [-0.2, -0.15) is 5.10 Å². The molecule has 3 aromatic rings. The summed E-state index contributed by atoms with van der Waals surface area (Å²) >= 11 is 6.31. The van der Waals surface area contributed by atoms with Gasteiger partial charge in [0.25, 0.3) is 0 Å². The Kier molecular flexibility index (Phi) is 4.72. The quantitative estimate of drug-likeness (QED) is 0.675. The van der Waals surface area contributed by atoms with Gasteiger partial charge in [-0.05, 0) is 49.6 Å². The van der Waals surface area contributed by atoms with Crippen molar-refractivity contribution < 1.29 is 14.2 Å². The topological polar surface area (TPSA) is 57.5 Å². The lowest BCUT2D eigenvalue weighted by atomic mass is 10.0. The summed E-state index contributed by atoms with van der Waals surface area (Å²) in [5, 5.41) is 9.22. The highest BCUT2D eigenvalue weighted by molar-refractivity contribution is 6.31. The highest BCUT2D eigenvalue weighted by atomic mass is 35.5. The zero-order valence-electron chi connectivity index (χ0n) is 16.2. The molecule has 2 aliphatic rings. The Labute approximate surface area is 174 Å². The molecule has 2 aromatic carbocycles. The first-order valence-corrected chi connectivity index (χ1v) is 10.2. The van der Waals surface area contributed by atoms with E-state index in [0.29, 0.717) is 18.2 Å². The fourth-order valence-electron chi connectivity index (χ4n) is 3.93. The molecule has 29 heavy (non-hydrogen) atoms. The maximum Gasteiger partial charge on any atom is 0.163 e. The molecule has 2 aliphatic heterocycles. The largest absolute Gasteiger partial charge is 0.496 e. The van der Waals surface area contributed by atoms with Gasteiger partial charge in [0.15, 0.2) is 11.5 Å². The molecule has 0 saturated heterocycles. The smallest absolute Gasteiger partial charge is 0.163 e. The number of rotatable bonds is 3. The van der Waals surface area contributed by atoms with Crippen molar-refractivity contribution >= 4 is 17.4 Å². The van der Waals surface area contributed by atoms with Crippen molar-refractivity contribution in [3.05, 3.63) is 47.0 Å². The number of benzene rings is 2. The van der Waals surface area contributed by atoms with Gasteiger partial charge in [0.2, 0.25) is 0 Å². The number of methoxy groups -OCH3 is 1. The van der Waals surface area contributed by atoms with Gasteiger partial charge in [-0.25, -0.2) is 4.68 Å². The average molecular weight is 412 g/mol. The first kappa shape index (κ1) is 18.2. The molecule has 5 rings (SSSR count). The van der Waals surface area contributed by atoms with Crippen LogP contribution in [0.5, 0.6) is 17.2 Å². The molecule has 150 valence electrons. The summed E-state index contributed by atoms with van der Waals surface area (Å²) in [4.78, 5) is 0. The lowest BCUT2D eigenvalue weighted by Gasteiger charge is -2.19. The van der Waals surface area contributed by atoms with Gasteiger partial charge in [-0.1, -0.05) is 11.6 Å². The van der Waals surface area contributed by atoms with Crippen LogP contribution in [0.25, 0.3) is 16.9 Å². The van der Waals surface area contributed by atoms with Gasteiger partial charge in [-0.3, -0.25) is 0 Å². The summed E-state index contributed by atoms with van der Waals surface area (Å²) in [6, 6.07) is 11.6. The van der Waals surface area contributed by atoms with Gasteiger partial charge >= 0.3 is 0 Å². The molecular formula is C22H22ClN3O3. The van der Waals surface area contributed by atoms with Crippen LogP contribution < -0.4 is 19.5 Å². The molecule has 1 N–H and O–H groups in total. The Balaban J connectivity index is 1.69. The Morgan fingerprint density at radius 2 is 1.93 bits per heavy atom. The second kappa shape index (κ2) is 7.52. The molecule has 0 bridgehead atoms. The Hall–Kier alpha value is -2.86. The monoisotopic (exact) mass is 411 g/mol. The first-order chi connectivity index (χ1) is 14.2. The number of anilines is 1. The molecule has 0 amide bonds. The summed E-state index contributed by atoms with van der Waals surface area (Å²) in [5.41, 5.74) is 3.89. The number of nitrogens with zero attached hydrogens (tertiary/aromatic N) is 2. The van der Waals surface area contributed by atoms with Crippen LogP contribution in [0.1, 0.15) is 18.4 Å². The Morgan fingerprint density at radius 3 is 2.79 bits per heavy atom.